The molecule has 0 saturated heterocycles. The van der Waals surface area contributed by atoms with Crippen molar-refractivity contribution in [2.24, 2.45) is 5.14 Å². The number of halogens is 3. The van der Waals surface area contributed by atoms with Crippen LogP contribution >= 0.6 is 0 Å². The zero-order valence-electron chi connectivity index (χ0n) is 7.08. The smallest absolute Gasteiger partial charge is 0.273 e. The molecular formula is C5H6F3N3O3S. The number of hydrogen-bond donors (Lipinski definition) is 2. The fourth-order valence-corrected chi connectivity index (χ4v) is 1.10. The van der Waals surface area contributed by atoms with Crippen molar-refractivity contribution in [3.8, 4) is 0 Å². The van der Waals surface area contributed by atoms with Crippen LogP contribution in [-0.4, -0.2) is 18.6 Å². The fraction of sp³-hybridized carbons (Fsp3) is 0.400. The summed E-state index contributed by atoms with van der Waals surface area (Å²) in [7, 11) is -4.27. The van der Waals surface area contributed by atoms with Gasteiger partial charge in [-0.05, 0) is 0 Å². The molecule has 1 aromatic rings. The van der Waals surface area contributed by atoms with E-state index in [-0.39, 0.29) is 0 Å². The average molecular weight is 245 g/mol. The summed E-state index contributed by atoms with van der Waals surface area (Å²) in [5.41, 5.74) is -1.59. The first-order valence-electron chi connectivity index (χ1n) is 3.47. The van der Waals surface area contributed by atoms with Crippen molar-refractivity contribution in [1.82, 2.24) is 10.2 Å². The van der Waals surface area contributed by atoms with Crippen LogP contribution in [-0.2, 0) is 27.3 Å². The van der Waals surface area contributed by atoms with Gasteiger partial charge in [-0.2, -0.15) is 26.7 Å². The van der Waals surface area contributed by atoms with E-state index in [0.29, 0.717) is 0 Å². The molecule has 86 valence electrons. The molecule has 0 spiro atoms. The molecule has 0 bridgehead atoms. The molecule has 0 radical (unpaired) electrons. The van der Waals surface area contributed by atoms with Crippen molar-refractivity contribution in [1.29, 1.82) is 0 Å². The van der Waals surface area contributed by atoms with E-state index in [1.54, 1.807) is 5.10 Å². The first kappa shape index (κ1) is 11.9. The molecule has 0 fully saturated rings. The molecule has 0 aliphatic carbocycles. The van der Waals surface area contributed by atoms with Crippen LogP contribution in [0.2, 0.25) is 0 Å². The highest BCUT2D eigenvalue weighted by atomic mass is 32.2. The second kappa shape index (κ2) is 3.79. The van der Waals surface area contributed by atoms with Crippen molar-refractivity contribution in [3.63, 3.8) is 0 Å². The number of hydrogen-bond acceptors (Lipinski definition) is 4. The van der Waals surface area contributed by atoms with E-state index in [4.69, 9.17) is 0 Å². The summed E-state index contributed by atoms with van der Waals surface area (Å²) in [5, 5.41) is 9.27. The van der Waals surface area contributed by atoms with Gasteiger partial charge in [0.2, 0.25) is 0 Å². The Morgan fingerprint density at radius 3 is 2.60 bits per heavy atom. The lowest BCUT2D eigenvalue weighted by Crippen LogP contribution is -2.17. The van der Waals surface area contributed by atoms with Crippen molar-refractivity contribution in [3.05, 3.63) is 17.5 Å². The molecule has 1 aromatic heterocycles. The third kappa shape index (κ3) is 3.49. The van der Waals surface area contributed by atoms with E-state index in [2.05, 4.69) is 14.4 Å². The summed E-state index contributed by atoms with van der Waals surface area (Å²) < 4.78 is 61.2. The van der Waals surface area contributed by atoms with Crippen molar-refractivity contribution in [2.75, 3.05) is 0 Å². The van der Waals surface area contributed by atoms with Crippen LogP contribution < -0.4 is 5.14 Å². The number of nitrogens with zero attached hydrogens (tertiary/aromatic N) is 1. The molecule has 1 heterocycles. The molecule has 0 aliphatic rings. The molecule has 6 nitrogen and oxygen atoms in total. The summed E-state index contributed by atoms with van der Waals surface area (Å²) in [6.45, 7) is -0.815. The van der Waals surface area contributed by atoms with Gasteiger partial charge < -0.3 is 0 Å². The van der Waals surface area contributed by atoms with E-state index in [1.165, 1.54) is 0 Å². The van der Waals surface area contributed by atoms with Gasteiger partial charge in [0.1, 0.15) is 5.69 Å². The van der Waals surface area contributed by atoms with Gasteiger partial charge in [-0.15, -0.1) is 0 Å². The lowest BCUT2D eigenvalue weighted by Gasteiger charge is -2.06. The lowest BCUT2D eigenvalue weighted by atomic mass is 10.2. The van der Waals surface area contributed by atoms with Crippen LogP contribution in [0.5, 0.6) is 0 Å². The largest absolute Gasteiger partial charge is 0.433 e. The van der Waals surface area contributed by atoms with Gasteiger partial charge in [0.25, 0.3) is 0 Å². The molecule has 3 N–H and O–H groups in total. The SMILES string of the molecule is NS(=O)(=O)OCc1cn[nH]c1C(F)(F)F. The van der Waals surface area contributed by atoms with Crippen molar-refractivity contribution >= 4 is 10.3 Å². The summed E-state index contributed by atoms with van der Waals surface area (Å²) in [6, 6.07) is 0. The molecule has 0 aliphatic heterocycles. The first-order chi connectivity index (χ1) is 6.70. The number of rotatable bonds is 3. The maximum Gasteiger partial charge on any atom is 0.433 e. The number of aromatic amines is 1. The van der Waals surface area contributed by atoms with Crippen LogP contribution in [0.3, 0.4) is 0 Å². The minimum absolute atomic E-state index is 0.434. The van der Waals surface area contributed by atoms with Crippen molar-refractivity contribution in [2.45, 2.75) is 12.8 Å². The Bertz CT molecular complexity index is 438. The zero-order chi connectivity index (χ0) is 11.7. The fourth-order valence-electron chi connectivity index (χ4n) is 0.812. The second-order valence-electron chi connectivity index (χ2n) is 2.52. The highest BCUT2D eigenvalue weighted by molar-refractivity contribution is 7.84. The summed E-state index contributed by atoms with van der Waals surface area (Å²) in [4.78, 5) is 0. The van der Waals surface area contributed by atoms with Crippen LogP contribution in [0, 0.1) is 0 Å². The number of aromatic nitrogens is 2. The minimum Gasteiger partial charge on any atom is -0.273 e. The topological polar surface area (TPSA) is 98.1 Å². The third-order valence-electron chi connectivity index (χ3n) is 1.38. The molecule has 0 aromatic carbocycles. The van der Waals surface area contributed by atoms with E-state index < -0.39 is 34.3 Å². The normalized spacial score (nSPS) is 13.1. The predicted molar refractivity (Wildman–Crippen MR) is 41.5 cm³/mol. The van der Waals surface area contributed by atoms with Gasteiger partial charge in [0.05, 0.1) is 12.8 Å². The van der Waals surface area contributed by atoms with E-state index in [9.17, 15) is 21.6 Å². The number of alkyl halides is 3. The van der Waals surface area contributed by atoms with Crippen LogP contribution in [0.25, 0.3) is 0 Å². The molecule has 0 saturated carbocycles. The van der Waals surface area contributed by atoms with Gasteiger partial charge in [0, 0.05) is 5.56 Å². The third-order valence-corrected chi connectivity index (χ3v) is 1.83. The van der Waals surface area contributed by atoms with Crippen LogP contribution in [0.15, 0.2) is 6.20 Å². The highest BCUT2D eigenvalue weighted by Crippen LogP contribution is 2.30. The Labute approximate surface area is 82.5 Å². The Morgan fingerprint density at radius 1 is 1.53 bits per heavy atom. The lowest BCUT2D eigenvalue weighted by molar-refractivity contribution is -0.142. The number of nitrogens with one attached hydrogen (secondary N) is 1. The quantitative estimate of drug-likeness (QED) is 0.791. The van der Waals surface area contributed by atoms with Crippen molar-refractivity contribution < 1.29 is 25.8 Å². The van der Waals surface area contributed by atoms with E-state index >= 15 is 0 Å². The van der Waals surface area contributed by atoms with Gasteiger partial charge in [-0.1, -0.05) is 0 Å². The Hall–Kier alpha value is -1.13. The Kier molecular flexibility index (Phi) is 3.02. The second-order valence-corrected chi connectivity index (χ2v) is 3.74. The zero-order valence-corrected chi connectivity index (χ0v) is 7.89. The molecule has 15 heavy (non-hydrogen) atoms. The van der Waals surface area contributed by atoms with Gasteiger partial charge in [0.15, 0.2) is 0 Å². The average Bonchev–Trinajstić information content (AvgIpc) is 2.45. The summed E-state index contributed by atoms with van der Waals surface area (Å²) in [6.07, 6.45) is -3.83. The maximum atomic E-state index is 12.2. The first-order valence-corrected chi connectivity index (χ1v) is 4.94. The summed E-state index contributed by atoms with van der Waals surface area (Å²) >= 11 is 0. The van der Waals surface area contributed by atoms with E-state index in [0.717, 1.165) is 6.20 Å². The molecule has 10 heteroatoms. The predicted octanol–water partition coefficient (Wildman–Crippen LogP) is 0.149. The van der Waals surface area contributed by atoms with Gasteiger partial charge in [-0.25, -0.2) is 5.14 Å². The Morgan fingerprint density at radius 2 is 2.13 bits per heavy atom. The highest BCUT2D eigenvalue weighted by Gasteiger charge is 2.35. The van der Waals surface area contributed by atoms with Gasteiger partial charge >= 0.3 is 16.5 Å². The molecule has 0 amide bonds. The van der Waals surface area contributed by atoms with Crippen LogP contribution in [0.1, 0.15) is 11.3 Å². The number of nitrogens with two attached hydrogens (primary N) is 1. The van der Waals surface area contributed by atoms with E-state index in [1.807, 2.05) is 0 Å². The molecule has 0 unspecified atom stereocenters. The minimum atomic E-state index is -4.65. The Balaban J connectivity index is 2.84. The molecule has 1 rings (SSSR count). The molecular weight excluding hydrogens is 239 g/mol. The monoisotopic (exact) mass is 245 g/mol. The standard InChI is InChI=1S/C5H6F3N3O3S/c6-5(7,8)4-3(1-10-11-4)2-14-15(9,12)13/h1H,2H2,(H,10,11)(H2,9,12,13). The summed E-state index contributed by atoms with van der Waals surface area (Å²) in [5.74, 6) is 0. The number of H-pyrrole nitrogens is 1. The maximum absolute atomic E-state index is 12.2. The molecule has 0 atom stereocenters. The van der Waals surface area contributed by atoms with Crippen LogP contribution in [0.4, 0.5) is 13.2 Å². The van der Waals surface area contributed by atoms with Gasteiger partial charge in [-0.3, -0.25) is 9.28 Å².